The third kappa shape index (κ3) is 2.04. The zero-order valence-corrected chi connectivity index (χ0v) is 13.0. The molecule has 23 heavy (non-hydrogen) atoms. The minimum absolute atomic E-state index is 0.00230. The average Bonchev–Trinajstić information content (AvgIpc) is 2.95. The molecule has 0 radical (unpaired) electrons. The Morgan fingerprint density at radius 1 is 1.22 bits per heavy atom. The number of fused-ring (bicyclic) bond motifs is 4. The molecule has 5 nitrogen and oxygen atoms in total. The Hall–Kier alpha value is -2.66. The summed E-state index contributed by atoms with van der Waals surface area (Å²) in [7, 11) is 0. The Labute approximate surface area is 132 Å². The Morgan fingerprint density at radius 2 is 1.96 bits per heavy atom. The Kier molecular flexibility index (Phi) is 3.16. The van der Waals surface area contributed by atoms with Gasteiger partial charge in [-0.05, 0) is 42.8 Å². The van der Waals surface area contributed by atoms with E-state index in [0.717, 1.165) is 39.3 Å². The van der Waals surface area contributed by atoms with E-state index in [9.17, 15) is 4.79 Å². The zero-order chi connectivity index (χ0) is 16.0. The van der Waals surface area contributed by atoms with Crippen LogP contribution in [0.4, 0.5) is 0 Å². The molecule has 0 amide bonds. The van der Waals surface area contributed by atoms with Crippen LogP contribution in [0.3, 0.4) is 0 Å². The summed E-state index contributed by atoms with van der Waals surface area (Å²) in [5.74, 6) is 0. The molecule has 0 fully saturated rings. The van der Waals surface area contributed by atoms with Gasteiger partial charge in [-0.1, -0.05) is 24.3 Å². The maximum Gasteiger partial charge on any atom is 0.262 e. The quantitative estimate of drug-likeness (QED) is 0.571. The van der Waals surface area contributed by atoms with Crippen molar-refractivity contribution in [3.05, 3.63) is 52.4 Å². The van der Waals surface area contributed by atoms with Gasteiger partial charge in [0, 0.05) is 17.6 Å². The molecule has 2 aromatic carbocycles. The van der Waals surface area contributed by atoms with Crippen LogP contribution in [0.1, 0.15) is 12.1 Å². The van der Waals surface area contributed by atoms with Crippen molar-refractivity contribution in [1.29, 1.82) is 0 Å². The van der Waals surface area contributed by atoms with Crippen molar-refractivity contribution in [2.75, 3.05) is 6.54 Å². The van der Waals surface area contributed by atoms with Crippen molar-refractivity contribution in [1.82, 2.24) is 14.8 Å². The number of pyridine rings is 1. The van der Waals surface area contributed by atoms with Crippen molar-refractivity contribution in [3.63, 3.8) is 0 Å². The molecule has 4 rings (SSSR count). The van der Waals surface area contributed by atoms with Gasteiger partial charge in [0.2, 0.25) is 0 Å². The molecule has 0 unspecified atom stereocenters. The SMILES string of the molecule is Cc1[nH]nc2c1c(=O)n(CCCN)c1cc3ccccc3cc21. The molecule has 0 aliphatic carbocycles. The van der Waals surface area contributed by atoms with Gasteiger partial charge >= 0.3 is 0 Å². The predicted molar refractivity (Wildman–Crippen MR) is 93.8 cm³/mol. The summed E-state index contributed by atoms with van der Waals surface area (Å²) in [5.41, 5.74) is 8.12. The summed E-state index contributed by atoms with van der Waals surface area (Å²) >= 11 is 0. The first-order chi connectivity index (χ1) is 11.2. The monoisotopic (exact) mass is 306 g/mol. The highest BCUT2D eigenvalue weighted by atomic mass is 16.1. The van der Waals surface area contributed by atoms with Crippen LogP contribution in [-0.4, -0.2) is 21.3 Å². The van der Waals surface area contributed by atoms with Crippen LogP contribution in [0.5, 0.6) is 0 Å². The van der Waals surface area contributed by atoms with Crippen molar-refractivity contribution in [3.8, 4) is 0 Å². The molecule has 4 aromatic rings. The molecule has 0 bridgehead atoms. The third-order valence-electron chi connectivity index (χ3n) is 4.40. The fourth-order valence-corrected chi connectivity index (χ4v) is 3.24. The number of aromatic amines is 1. The largest absolute Gasteiger partial charge is 0.330 e. The molecule has 2 aromatic heterocycles. The highest BCUT2D eigenvalue weighted by Gasteiger charge is 2.15. The van der Waals surface area contributed by atoms with Gasteiger partial charge in [0.25, 0.3) is 5.56 Å². The number of aromatic nitrogens is 3. The fraction of sp³-hybridized carbons (Fsp3) is 0.222. The molecule has 0 aliphatic heterocycles. The van der Waals surface area contributed by atoms with Crippen LogP contribution < -0.4 is 11.3 Å². The number of H-pyrrole nitrogens is 1. The molecule has 0 saturated carbocycles. The van der Waals surface area contributed by atoms with Gasteiger partial charge in [-0.25, -0.2) is 0 Å². The summed E-state index contributed by atoms with van der Waals surface area (Å²) in [5, 5.41) is 11.3. The van der Waals surface area contributed by atoms with E-state index in [-0.39, 0.29) is 5.56 Å². The van der Waals surface area contributed by atoms with Gasteiger partial charge in [-0.15, -0.1) is 0 Å². The first kappa shape index (κ1) is 14.0. The molecule has 5 heteroatoms. The van der Waals surface area contributed by atoms with E-state index in [2.05, 4.69) is 34.5 Å². The van der Waals surface area contributed by atoms with E-state index in [4.69, 9.17) is 5.73 Å². The number of rotatable bonds is 3. The van der Waals surface area contributed by atoms with Gasteiger partial charge in [-0.2, -0.15) is 5.10 Å². The first-order valence-corrected chi connectivity index (χ1v) is 7.81. The van der Waals surface area contributed by atoms with Crippen LogP contribution in [0.2, 0.25) is 0 Å². The van der Waals surface area contributed by atoms with Crippen LogP contribution in [0.15, 0.2) is 41.2 Å². The van der Waals surface area contributed by atoms with Gasteiger partial charge in [-0.3, -0.25) is 9.89 Å². The fourth-order valence-electron chi connectivity index (χ4n) is 3.24. The van der Waals surface area contributed by atoms with Crippen molar-refractivity contribution < 1.29 is 0 Å². The Balaban J connectivity index is 2.21. The van der Waals surface area contributed by atoms with Crippen molar-refractivity contribution in [2.45, 2.75) is 19.9 Å². The minimum Gasteiger partial charge on any atom is -0.330 e. The lowest BCUT2D eigenvalue weighted by Gasteiger charge is -2.12. The van der Waals surface area contributed by atoms with Crippen LogP contribution in [-0.2, 0) is 6.54 Å². The number of hydrogen-bond acceptors (Lipinski definition) is 3. The van der Waals surface area contributed by atoms with E-state index in [1.54, 1.807) is 0 Å². The zero-order valence-electron chi connectivity index (χ0n) is 13.0. The lowest BCUT2D eigenvalue weighted by molar-refractivity contribution is 0.654. The second kappa shape index (κ2) is 5.21. The Bertz CT molecular complexity index is 1090. The molecular formula is C18H18N4O. The number of nitrogens with zero attached hydrogens (tertiary/aromatic N) is 2. The van der Waals surface area contributed by atoms with Crippen LogP contribution in [0, 0.1) is 6.92 Å². The number of nitrogens with two attached hydrogens (primary N) is 1. The minimum atomic E-state index is 0.00230. The molecule has 0 aliphatic rings. The summed E-state index contributed by atoms with van der Waals surface area (Å²) in [6.07, 6.45) is 0.768. The maximum atomic E-state index is 12.9. The average molecular weight is 306 g/mol. The molecular weight excluding hydrogens is 288 g/mol. The van der Waals surface area contributed by atoms with E-state index in [0.29, 0.717) is 18.5 Å². The number of aryl methyl sites for hydroxylation is 2. The number of nitrogens with one attached hydrogen (secondary N) is 1. The van der Waals surface area contributed by atoms with E-state index in [1.807, 2.05) is 23.6 Å². The van der Waals surface area contributed by atoms with Gasteiger partial charge in [0.05, 0.1) is 10.9 Å². The van der Waals surface area contributed by atoms with Crippen LogP contribution >= 0.6 is 0 Å². The topological polar surface area (TPSA) is 76.7 Å². The molecule has 2 heterocycles. The third-order valence-corrected chi connectivity index (χ3v) is 4.40. The van der Waals surface area contributed by atoms with Crippen molar-refractivity contribution in [2.24, 2.45) is 5.73 Å². The van der Waals surface area contributed by atoms with Gasteiger partial charge in [0.1, 0.15) is 5.52 Å². The molecule has 0 atom stereocenters. The van der Waals surface area contributed by atoms with E-state index >= 15 is 0 Å². The molecule has 116 valence electrons. The van der Waals surface area contributed by atoms with E-state index < -0.39 is 0 Å². The second-order valence-electron chi connectivity index (χ2n) is 5.89. The lowest BCUT2D eigenvalue weighted by atomic mass is 10.0. The number of benzene rings is 2. The summed E-state index contributed by atoms with van der Waals surface area (Å²) in [6, 6.07) is 12.4. The van der Waals surface area contributed by atoms with Gasteiger partial charge < -0.3 is 10.3 Å². The highest BCUT2D eigenvalue weighted by molar-refractivity contribution is 6.09. The van der Waals surface area contributed by atoms with Crippen molar-refractivity contribution >= 4 is 32.6 Å². The summed E-state index contributed by atoms with van der Waals surface area (Å²) < 4.78 is 1.83. The standard InChI is InChI=1S/C18H18N4O/c1-11-16-17(21-20-11)14-9-12-5-2-3-6-13(12)10-15(14)22(18(16)23)8-4-7-19/h2-3,5-6,9-10H,4,7-8,19H2,1H3,(H,20,21). The second-order valence-corrected chi connectivity index (χ2v) is 5.89. The summed E-state index contributed by atoms with van der Waals surface area (Å²) in [4.78, 5) is 12.9. The molecule has 0 saturated heterocycles. The van der Waals surface area contributed by atoms with E-state index in [1.165, 1.54) is 0 Å². The first-order valence-electron chi connectivity index (χ1n) is 7.81. The smallest absolute Gasteiger partial charge is 0.262 e. The lowest BCUT2D eigenvalue weighted by Crippen LogP contribution is -2.22. The summed E-state index contributed by atoms with van der Waals surface area (Å²) in [6.45, 7) is 3.06. The maximum absolute atomic E-state index is 12.9. The molecule has 0 spiro atoms. The highest BCUT2D eigenvalue weighted by Crippen LogP contribution is 2.27. The molecule has 3 N–H and O–H groups in total. The number of hydrogen-bond donors (Lipinski definition) is 2. The van der Waals surface area contributed by atoms with Gasteiger partial charge in [0.15, 0.2) is 0 Å². The normalized spacial score (nSPS) is 11.7. The van der Waals surface area contributed by atoms with Crippen LogP contribution in [0.25, 0.3) is 32.6 Å². The predicted octanol–water partition coefficient (Wildman–Crippen LogP) is 2.69. The Morgan fingerprint density at radius 3 is 2.70 bits per heavy atom.